The van der Waals surface area contributed by atoms with Crippen LogP contribution in [0.4, 0.5) is 0 Å². The predicted octanol–water partition coefficient (Wildman–Crippen LogP) is 2.43. The van der Waals surface area contributed by atoms with Crippen molar-refractivity contribution in [3.8, 4) is 5.75 Å². The summed E-state index contributed by atoms with van der Waals surface area (Å²) >= 11 is 0. The second-order valence-electron chi connectivity index (χ2n) is 5.55. The average Bonchev–Trinajstić information content (AvgIpc) is 2.52. The summed E-state index contributed by atoms with van der Waals surface area (Å²) in [5.41, 5.74) is -0.0572. The number of thiol groups is 1. The molecule has 0 N–H and O–H groups in total. The zero-order valence-electron chi connectivity index (χ0n) is 14.0. The van der Waals surface area contributed by atoms with Gasteiger partial charge in [-0.3, -0.25) is 4.18 Å². The van der Waals surface area contributed by atoms with E-state index in [1.807, 2.05) is 45.2 Å². The van der Waals surface area contributed by atoms with Gasteiger partial charge in [-0.05, 0) is 37.7 Å². The Kier molecular flexibility index (Phi) is 7.32. The third-order valence-electron chi connectivity index (χ3n) is 4.24. The first-order chi connectivity index (χ1) is 10.4. The van der Waals surface area contributed by atoms with Crippen molar-refractivity contribution in [2.75, 3.05) is 27.2 Å². The number of ether oxygens (including phenoxy) is 1. The lowest BCUT2D eigenvalue weighted by Gasteiger charge is -2.38. The van der Waals surface area contributed by atoms with Crippen LogP contribution in [0.5, 0.6) is 5.75 Å². The number of nitrogens with zero attached hydrogens (tertiary/aromatic N) is 1. The van der Waals surface area contributed by atoms with Gasteiger partial charge in [0, 0.05) is 12.5 Å². The van der Waals surface area contributed by atoms with E-state index >= 15 is 0 Å². The molecule has 2 atom stereocenters. The van der Waals surface area contributed by atoms with E-state index in [1.165, 1.54) is 0 Å². The zero-order chi connectivity index (χ0) is 16.8. The van der Waals surface area contributed by atoms with Crippen LogP contribution in [-0.4, -0.2) is 40.6 Å². The van der Waals surface area contributed by atoms with Crippen LogP contribution in [0.3, 0.4) is 0 Å². The molecule has 0 radical (unpaired) electrons. The Morgan fingerprint density at radius 2 is 2.00 bits per heavy atom. The molecular formula is C16H27NO4S. The molecule has 0 amide bonds. The van der Waals surface area contributed by atoms with Crippen molar-refractivity contribution in [1.29, 1.82) is 0 Å². The van der Waals surface area contributed by atoms with E-state index in [2.05, 4.69) is 11.8 Å². The summed E-state index contributed by atoms with van der Waals surface area (Å²) in [6, 6.07) is 7.44. The molecule has 126 valence electrons. The molecule has 0 unspecified atom stereocenters. The van der Waals surface area contributed by atoms with Gasteiger partial charge in [-0.2, -0.15) is 0 Å². The maximum Gasteiger partial charge on any atom is 0.258 e. The van der Waals surface area contributed by atoms with E-state index in [1.54, 1.807) is 7.11 Å². The summed E-state index contributed by atoms with van der Waals surface area (Å²) in [5.74, 6) is 0.693. The molecule has 0 saturated carbocycles. The summed E-state index contributed by atoms with van der Waals surface area (Å²) < 4.78 is 33.4. The predicted molar refractivity (Wildman–Crippen MR) is 88.7 cm³/mol. The number of methoxy groups -OCH3 is 1. The molecule has 0 saturated heterocycles. The smallest absolute Gasteiger partial charge is 0.258 e. The van der Waals surface area contributed by atoms with Crippen LogP contribution in [-0.2, 0) is 20.8 Å². The summed E-state index contributed by atoms with van der Waals surface area (Å²) in [6.07, 6.45) is 0.558. The molecule has 0 heterocycles. The van der Waals surface area contributed by atoms with Gasteiger partial charge in [0.15, 0.2) is 0 Å². The molecule has 1 aromatic rings. The number of rotatable bonds is 9. The molecule has 0 aliphatic heterocycles. The van der Waals surface area contributed by atoms with Crippen LogP contribution in [0.1, 0.15) is 32.8 Å². The van der Waals surface area contributed by atoms with Crippen LogP contribution in [0, 0.1) is 5.92 Å². The molecule has 0 aliphatic carbocycles. The highest BCUT2D eigenvalue weighted by Gasteiger charge is 2.39. The van der Waals surface area contributed by atoms with Crippen LogP contribution in [0.25, 0.3) is 0 Å². The highest BCUT2D eigenvalue weighted by Crippen LogP contribution is 2.39. The maximum absolute atomic E-state index is 11.3. The van der Waals surface area contributed by atoms with Crippen LogP contribution < -0.4 is 4.74 Å². The van der Waals surface area contributed by atoms with Crippen molar-refractivity contribution in [1.82, 2.24) is 4.90 Å². The zero-order valence-corrected chi connectivity index (χ0v) is 14.9. The fraction of sp³-hybridized carbons (Fsp3) is 0.625. The molecule has 0 bridgehead atoms. The van der Waals surface area contributed by atoms with E-state index in [9.17, 15) is 8.42 Å². The molecule has 1 rings (SSSR count). The summed E-state index contributed by atoms with van der Waals surface area (Å²) in [7, 11) is 0.654. The van der Waals surface area contributed by atoms with Gasteiger partial charge < -0.3 is 9.64 Å². The minimum absolute atomic E-state index is 0.00227. The van der Waals surface area contributed by atoms with Gasteiger partial charge in [0.2, 0.25) is 0 Å². The summed E-state index contributed by atoms with van der Waals surface area (Å²) in [4.78, 5) is 2.15. The van der Waals surface area contributed by atoms with E-state index in [-0.39, 0.29) is 5.92 Å². The quantitative estimate of drug-likeness (QED) is 0.705. The Bertz CT molecular complexity index is 539. The van der Waals surface area contributed by atoms with Gasteiger partial charge in [-0.25, -0.2) is 8.42 Å². The van der Waals surface area contributed by atoms with Crippen molar-refractivity contribution in [3.05, 3.63) is 29.8 Å². The molecule has 5 nitrogen and oxygen atoms in total. The Labute approximate surface area is 135 Å². The van der Waals surface area contributed by atoms with Gasteiger partial charge in [-0.1, -0.05) is 32.9 Å². The lowest BCUT2D eigenvalue weighted by Crippen LogP contribution is -2.41. The lowest BCUT2D eigenvalue weighted by molar-refractivity contribution is 0.00496. The third kappa shape index (κ3) is 4.44. The summed E-state index contributed by atoms with van der Waals surface area (Å²) in [6.45, 7) is 7.67. The van der Waals surface area contributed by atoms with Crippen LogP contribution in [0.15, 0.2) is 24.3 Å². The van der Waals surface area contributed by atoms with Gasteiger partial charge in [0.1, 0.15) is 11.4 Å². The highest BCUT2D eigenvalue weighted by molar-refractivity contribution is 7.67. The largest absolute Gasteiger partial charge is 0.497 e. The first-order valence-electron chi connectivity index (χ1n) is 7.56. The van der Waals surface area contributed by atoms with E-state index in [0.717, 1.165) is 18.7 Å². The molecule has 0 fully saturated rings. The van der Waals surface area contributed by atoms with E-state index in [4.69, 9.17) is 8.92 Å². The van der Waals surface area contributed by atoms with Gasteiger partial charge >= 0.3 is 0 Å². The van der Waals surface area contributed by atoms with Crippen molar-refractivity contribution >= 4 is 11.0 Å². The third-order valence-corrected chi connectivity index (χ3v) is 4.72. The molecule has 22 heavy (non-hydrogen) atoms. The van der Waals surface area contributed by atoms with Crippen LogP contribution in [0.2, 0.25) is 0 Å². The molecule has 1 aromatic carbocycles. The molecule has 0 aromatic heterocycles. The van der Waals surface area contributed by atoms with E-state index < -0.39 is 16.6 Å². The number of benzene rings is 1. The first kappa shape index (κ1) is 18.9. The SMILES string of the molecule is CCN(C)C[C@H](C)[C@@](CC)(O[SH](=O)=O)c1cccc(OC)c1. The standard InChI is InChI=1S/C16H27NO4S/c1-6-16(21-22(18)19,13(3)12-17(4)7-2)14-9-8-10-15(11-14)20-5/h8-11,13,22H,6-7,12H2,1-5H3/t13-,16+/m0/s1. The Hall–Kier alpha value is -1.11. The lowest BCUT2D eigenvalue weighted by atomic mass is 9.80. The van der Waals surface area contributed by atoms with Crippen molar-refractivity contribution < 1.29 is 17.3 Å². The molecular weight excluding hydrogens is 302 g/mol. The second kappa shape index (κ2) is 8.50. The Balaban J connectivity index is 3.30. The Morgan fingerprint density at radius 1 is 1.32 bits per heavy atom. The number of hydrogen-bond acceptors (Lipinski definition) is 5. The van der Waals surface area contributed by atoms with Crippen molar-refractivity contribution in [2.45, 2.75) is 32.8 Å². The average molecular weight is 329 g/mol. The minimum atomic E-state index is -2.95. The maximum atomic E-state index is 11.3. The molecule has 6 heteroatoms. The minimum Gasteiger partial charge on any atom is -0.497 e. The van der Waals surface area contributed by atoms with Gasteiger partial charge in [0.25, 0.3) is 11.0 Å². The molecule has 0 aliphatic rings. The molecule has 0 spiro atoms. The fourth-order valence-corrected chi connectivity index (χ4v) is 3.49. The topological polar surface area (TPSA) is 55.8 Å². The first-order valence-corrected chi connectivity index (χ1v) is 8.65. The van der Waals surface area contributed by atoms with Crippen molar-refractivity contribution in [2.24, 2.45) is 5.92 Å². The highest BCUT2D eigenvalue weighted by atomic mass is 32.2. The van der Waals surface area contributed by atoms with Crippen LogP contribution >= 0.6 is 0 Å². The monoisotopic (exact) mass is 329 g/mol. The second-order valence-corrected chi connectivity index (χ2v) is 6.18. The fourth-order valence-electron chi connectivity index (χ4n) is 2.81. The van der Waals surface area contributed by atoms with Crippen molar-refractivity contribution in [3.63, 3.8) is 0 Å². The van der Waals surface area contributed by atoms with Gasteiger partial charge in [0.05, 0.1) is 7.11 Å². The number of hydrogen-bond donors (Lipinski definition) is 1. The summed E-state index contributed by atoms with van der Waals surface area (Å²) in [5, 5.41) is 0. The Morgan fingerprint density at radius 3 is 2.50 bits per heavy atom. The van der Waals surface area contributed by atoms with E-state index in [0.29, 0.717) is 12.2 Å². The van der Waals surface area contributed by atoms with Gasteiger partial charge in [-0.15, -0.1) is 0 Å². The normalized spacial score (nSPS) is 15.8.